The van der Waals surface area contributed by atoms with Crippen molar-refractivity contribution in [3.8, 4) is 11.5 Å². The first-order valence-electron chi connectivity index (χ1n) is 5.12. The minimum atomic E-state index is -0.653. The first kappa shape index (κ1) is 13.6. The van der Waals surface area contributed by atoms with E-state index in [2.05, 4.69) is 10.0 Å². The second-order valence-corrected chi connectivity index (χ2v) is 3.42. The van der Waals surface area contributed by atoms with Gasteiger partial charge in [-0.15, -0.1) is 0 Å². The number of ether oxygens (including phenoxy) is 2. The van der Waals surface area contributed by atoms with Crippen molar-refractivity contribution in [2.75, 3.05) is 14.2 Å². The maximum Gasteiger partial charge on any atom is 0.242 e. The molecule has 1 rings (SSSR count). The van der Waals surface area contributed by atoms with Gasteiger partial charge in [-0.3, -0.25) is 4.79 Å². The molecular formula is C12H13N3O3. The van der Waals surface area contributed by atoms with Crippen LogP contribution in [0.25, 0.3) is 16.0 Å². The van der Waals surface area contributed by atoms with E-state index >= 15 is 0 Å². The van der Waals surface area contributed by atoms with Crippen LogP contribution in [0.2, 0.25) is 0 Å². The normalized spacial score (nSPS) is 10.5. The van der Waals surface area contributed by atoms with Crippen LogP contribution in [0.3, 0.4) is 0 Å². The summed E-state index contributed by atoms with van der Waals surface area (Å²) in [6, 6.07) is 5.24. The molecule has 1 aromatic rings. The molecule has 0 fully saturated rings. The Morgan fingerprint density at radius 1 is 1.39 bits per heavy atom. The summed E-state index contributed by atoms with van der Waals surface area (Å²) in [6.45, 7) is 1.72. The van der Waals surface area contributed by atoms with Crippen molar-refractivity contribution in [1.82, 2.24) is 0 Å². The van der Waals surface area contributed by atoms with E-state index < -0.39 is 5.91 Å². The predicted molar refractivity (Wildman–Crippen MR) is 67.4 cm³/mol. The number of carbonyl (C=O) groups excluding carboxylic acids is 1. The van der Waals surface area contributed by atoms with E-state index in [4.69, 9.17) is 15.0 Å². The van der Waals surface area contributed by atoms with E-state index in [1.54, 1.807) is 32.2 Å². The molecule has 0 saturated carbocycles. The minimum absolute atomic E-state index is 0.610. The first-order chi connectivity index (χ1) is 8.62. The summed E-state index contributed by atoms with van der Waals surface area (Å²) in [4.78, 5) is 13.6. The van der Waals surface area contributed by atoms with Gasteiger partial charge in [-0.2, -0.15) is 0 Å². The fraction of sp³-hybridized carbons (Fsp3) is 0.250. The zero-order valence-corrected chi connectivity index (χ0v) is 10.4. The van der Waals surface area contributed by atoms with Crippen molar-refractivity contribution < 1.29 is 14.3 Å². The van der Waals surface area contributed by atoms with Crippen LogP contribution < -0.4 is 9.47 Å². The average molecular weight is 247 g/mol. The number of azide groups is 1. The van der Waals surface area contributed by atoms with Gasteiger partial charge in [0.2, 0.25) is 5.91 Å². The van der Waals surface area contributed by atoms with Crippen molar-refractivity contribution >= 4 is 11.5 Å². The lowest BCUT2D eigenvalue weighted by atomic mass is 10.1. The van der Waals surface area contributed by atoms with Crippen LogP contribution >= 0.6 is 0 Å². The maximum absolute atomic E-state index is 11.2. The quantitative estimate of drug-likeness (QED) is 0.355. The molecule has 0 unspecified atom stereocenters. The summed E-state index contributed by atoms with van der Waals surface area (Å²) in [6.07, 6.45) is 1.25. The van der Waals surface area contributed by atoms with Gasteiger partial charge in [0.15, 0.2) is 0 Å². The van der Waals surface area contributed by atoms with Crippen molar-refractivity contribution in [3.63, 3.8) is 0 Å². The lowest BCUT2D eigenvalue weighted by molar-refractivity contribution is -0.113. The van der Waals surface area contributed by atoms with E-state index in [-0.39, 0.29) is 0 Å². The van der Waals surface area contributed by atoms with Crippen LogP contribution in [0, 0.1) is 0 Å². The van der Waals surface area contributed by atoms with Gasteiger partial charge in [0.1, 0.15) is 11.5 Å². The van der Waals surface area contributed by atoms with Crippen LogP contribution in [-0.4, -0.2) is 20.1 Å². The molecule has 1 amide bonds. The van der Waals surface area contributed by atoms with Gasteiger partial charge < -0.3 is 9.47 Å². The molecule has 0 spiro atoms. The third-order valence-corrected chi connectivity index (χ3v) is 2.31. The van der Waals surface area contributed by atoms with E-state index in [9.17, 15) is 4.79 Å². The highest BCUT2D eigenvalue weighted by Crippen LogP contribution is 2.29. The van der Waals surface area contributed by atoms with Gasteiger partial charge in [0.05, 0.1) is 14.2 Å². The second kappa shape index (κ2) is 6.32. The van der Waals surface area contributed by atoms with Crippen LogP contribution in [-0.2, 0) is 4.79 Å². The van der Waals surface area contributed by atoms with E-state index in [0.717, 1.165) is 0 Å². The van der Waals surface area contributed by atoms with E-state index in [1.165, 1.54) is 13.2 Å². The molecule has 0 N–H and O–H groups in total. The molecule has 0 saturated heterocycles. The Bertz CT molecular complexity index is 531. The van der Waals surface area contributed by atoms with Gasteiger partial charge in [0.25, 0.3) is 0 Å². The Kier molecular flexibility index (Phi) is 4.78. The fourth-order valence-corrected chi connectivity index (χ4v) is 1.46. The molecule has 0 bridgehead atoms. The highest BCUT2D eigenvalue weighted by Gasteiger charge is 2.08. The number of rotatable bonds is 4. The second-order valence-electron chi connectivity index (χ2n) is 3.42. The molecule has 0 heterocycles. The molecular weight excluding hydrogens is 234 g/mol. The fourth-order valence-electron chi connectivity index (χ4n) is 1.46. The van der Waals surface area contributed by atoms with Crippen molar-refractivity contribution in [2.45, 2.75) is 6.92 Å². The maximum atomic E-state index is 11.2. The minimum Gasteiger partial charge on any atom is -0.497 e. The number of hydrogen-bond acceptors (Lipinski definition) is 3. The Morgan fingerprint density at radius 3 is 2.67 bits per heavy atom. The summed E-state index contributed by atoms with van der Waals surface area (Å²) >= 11 is 0. The molecule has 0 atom stereocenters. The Labute approximate surface area is 104 Å². The van der Waals surface area contributed by atoms with Gasteiger partial charge in [-0.1, -0.05) is 0 Å². The standard InChI is InChI=1S/C12H13N3O3/c1-8(6-12(16)14-15-13)10-7-9(17-2)4-5-11(10)18-3/h4-7H,1-3H3/b8-6+. The first-order valence-corrected chi connectivity index (χ1v) is 5.12. The smallest absolute Gasteiger partial charge is 0.242 e. The predicted octanol–water partition coefficient (Wildman–Crippen LogP) is 2.94. The zero-order valence-electron chi connectivity index (χ0n) is 10.4. The van der Waals surface area contributed by atoms with Gasteiger partial charge in [0, 0.05) is 10.5 Å². The number of amides is 1. The Morgan fingerprint density at radius 2 is 2.11 bits per heavy atom. The summed E-state index contributed by atoms with van der Waals surface area (Å²) in [7, 11) is 3.09. The lowest BCUT2D eigenvalue weighted by Crippen LogP contribution is -1.94. The number of hydrogen-bond donors (Lipinski definition) is 0. The third-order valence-electron chi connectivity index (χ3n) is 2.31. The number of nitrogens with zero attached hydrogens (tertiary/aromatic N) is 3. The van der Waals surface area contributed by atoms with Crippen LogP contribution in [0.4, 0.5) is 0 Å². The molecule has 0 aliphatic heterocycles. The molecule has 0 radical (unpaired) electrons. The van der Waals surface area contributed by atoms with Gasteiger partial charge in [-0.25, -0.2) is 0 Å². The van der Waals surface area contributed by atoms with E-state index in [1.807, 2.05) is 0 Å². The van der Waals surface area contributed by atoms with Crippen LogP contribution in [0.5, 0.6) is 11.5 Å². The number of benzene rings is 1. The summed E-state index contributed by atoms with van der Waals surface area (Å²) in [5.74, 6) is 0.605. The topological polar surface area (TPSA) is 84.3 Å². The van der Waals surface area contributed by atoms with Crippen molar-refractivity contribution in [1.29, 1.82) is 0 Å². The average Bonchev–Trinajstić information content (AvgIpc) is 2.38. The highest BCUT2D eigenvalue weighted by molar-refractivity contribution is 5.96. The number of methoxy groups -OCH3 is 2. The monoisotopic (exact) mass is 247 g/mol. The molecule has 0 aromatic heterocycles. The van der Waals surface area contributed by atoms with Gasteiger partial charge >= 0.3 is 0 Å². The number of carbonyl (C=O) groups is 1. The van der Waals surface area contributed by atoms with Crippen LogP contribution in [0.1, 0.15) is 12.5 Å². The largest absolute Gasteiger partial charge is 0.497 e. The summed E-state index contributed by atoms with van der Waals surface area (Å²) in [5.41, 5.74) is 9.50. The Balaban J connectivity index is 3.21. The van der Waals surface area contributed by atoms with Crippen molar-refractivity contribution in [3.05, 3.63) is 40.3 Å². The Hall–Kier alpha value is -2.46. The van der Waals surface area contributed by atoms with Crippen molar-refractivity contribution in [2.24, 2.45) is 5.11 Å². The molecule has 0 aliphatic rings. The van der Waals surface area contributed by atoms with Crippen LogP contribution in [0.15, 0.2) is 29.4 Å². The highest BCUT2D eigenvalue weighted by atomic mass is 16.5. The van der Waals surface area contributed by atoms with E-state index in [0.29, 0.717) is 22.6 Å². The molecule has 1 aromatic carbocycles. The van der Waals surface area contributed by atoms with Gasteiger partial charge in [-0.05, 0) is 47.4 Å². The molecule has 94 valence electrons. The SMILES string of the molecule is COc1ccc(OC)c(/C(C)=C/C(=O)N=[N+]=[N-])c1. The summed E-state index contributed by atoms with van der Waals surface area (Å²) < 4.78 is 10.3. The molecule has 6 heteroatoms. The third kappa shape index (κ3) is 3.26. The summed E-state index contributed by atoms with van der Waals surface area (Å²) in [5, 5.41) is 2.98. The zero-order chi connectivity index (χ0) is 13.5. The molecule has 0 aliphatic carbocycles. The number of allylic oxidation sites excluding steroid dienone is 1. The lowest BCUT2D eigenvalue weighted by Gasteiger charge is -2.10. The molecule has 18 heavy (non-hydrogen) atoms. The molecule has 6 nitrogen and oxygen atoms in total.